The van der Waals surface area contributed by atoms with Crippen LogP contribution >= 0.6 is 0 Å². The minimum Gasteiger partial charge on any atom is -0.469 e. The van der Waals surface area contributed by atoms with Gasteiger partial charge in [0.2, 0.25) is 0 Å². The van der Waals surface area contributed by atoms with Gasteiger partial charge in [0.25, 0.3) is 0 Å². The average molecular weight is 267 g/mol. The van der Waals surface area contributed by atoms with Crippen molar-refractivity contribution in [2.75, 3.05) is 39.8 Å². The molecule has 0 aromatic rings. The Balaban J connectivity index is 2.52. The maximum absolute atomic E-state index is 11.7. The highest BCUT2D eigenvalue weighted by atomic mass is 16.5. The molecule has 1 aliphatic heterocycles. The molecule has 1 heterocycles. The second-order valence-corrected chi connectivity index (χ2v) is 6.31. The van der Waals surface area contributed by atoms with E-state index in [0.717, 1.165) is 26.2 Å². The molecule has 1 fully saturated rings. The van der Waals surface area contributed by atoms with Crippen LogP contribution in [0.3, 0.4) is 0 Å². The molecule has 5 heteroatoms. The van der Waals surface area contributed by atoms with Gasteiger partial charge in [-0.05, 0) is 27.7 Å². The molecular weight excluding hydrogens is 242 g/mol. The first kappa shape index (κ1) is 15.9. The number of piperazine rings is 1. The molecule has 0 radical (unpaired) electrons. The quantitative estimate of drug-likeness (QED) is 0.714. The minimum absolute atomic E-state index is 0.174. The summed E-state index contributed by atoms with van der Waals surface area (Å²) in [6.45, 7) is 11.9. The highest BCUT2D eigenvalue weighted by Gasteiger charge is 2.34. The largest absolute Gasteiger partial charge is 0.469 e. The summed E-state index contributed by atoms with van der Waals surface area (Å²) in [5.41, 5.74) is -0.897. The first-order valence-electron chi connectivity index (χ1n) is 6.70. The van der Waals surface area contributed by atoms with Crippen LogP contribution in [0.15, 0.2) is 0 Å². The number of esters is 1. The summed E-state index contributed by atoms with van der Waals surface area (Å²) in [5.74, 6) is -0.174. The summed E-state index contributed by atoms with van der Waals surface area (Å²) < 4.78 is 4.83. The third-order valence-electron chi connectivity index (χ3n) is 3.79. The zero-order valence-corrected chi connectivity index (χ0v) is 12.7. The molecule has 0 saturated carbocycles. The van der Waals surface area contributed by atoms with Gasteiger partial charge in [-0.2, -0.15) is 5.26 Å². The zero-order valence-electron chi connectivity index (χ0n) is 12.7. The Kier molecular flexibility index (Phi) is 4.94. The van der Waals surface area contributed by atoms with E-state index in [9.17, 15) is 4.79 Å². The molecule has 108 valence electrons. The molecule has 0 aromatic carbocycles. The van der Waals surface area contributed by atoms with Crippen molar-refractivity contribution in [2.45, 2.75) is 33.2 Å². The van der Waals surface area contributed by atoms with Crippen LogP contribution in [-0.4, -0.2) is 61.1 Å². The molecule has 0 bridgehead atoms. The third kappa shape index (κ3) is 3.92. The lowest BCUT2D eigenvalue weighted by Crippen LogP contribution is -2.55. The van der Waals surface area contributed by atoms with Gasteiger partial charge in [0.05, 0.1) is 18.6 Å². The van der Waals surface area contributed by atoms with Crippen molar-refractivity contribution in [3.8, 4) is 6.07 Å². The second-order valence-electron chi connectivity index (χ2n) is 6.31. The van der Waals surface area contributed by atoms with E-state index in [4.69, 9.17) is 10.00 Å². The molecule has 0 amide bonds. The molecular formula is C14H25N3O2. The molecule has 19 heavy (non-hydrogen) atoms. The number of hydrogen-bond donors (Lipinski definition) is 0. The molecule has 1 aliphatic rings. The van der Waals surface area contributed by atoms with Gasteiger partial charge in [0, 0.05) is 32.7 Å². The van der Waals surface area contributed by atoms with E-state index in [2.05, 4.69) is 15.9 Å². The lowest BCUT2D eigenvalue weighted by molar-refractivity contribution is -0.152. The van der Waals surface area contributed by atoms with E-state index in [1.54, 1.807) is 0 Å². The Morgan fingerprint density at radius 3 is 2.16 bits per heavy atom. The Labute approximate surface area is 116 Å². The average Bonchev–Trinajstić information content (AvgIpc) is 2.37. The topological polar surface area (TPSA) is 56.6 Å². The summed E-state index contributed by atoms with van der Waals surface area (Å²) in [5, 5.41) is 9.14. The van der Waals surface area contributed by atoms with Crippen molar-refractivity contribution in [1.29, 1.82) is 5.26 Å². The molecule has 0 atom stereocenters. The Morgan fingerprint density at radius 1 is 1.21 bits per heavy atom. The molecule has 0 aliphatic carbocycles. The first-order chi connectivity index (χ1) is 8.73. The van der Waals surface area contributed by atoms with Crippen LogP contribution in [0.25, 0.3) is 0 Å². The first-order valence-corrected chi connectivity index (χ1v) is 6.70. The summed E-state index contributed by atoms with van der Waals surface area (Å²) >= 11 is 0. The van der Waals surface area contributed by atoms with E-state index >= 15 is 0 Å². The van der Waals surface area contributed by atoms with Crippen LogP contribution < -0.4 is 0 Å². The van der Waals surface area contributed by atoms with Gasteiger partial charge in [-0.1, -0.05) is 0 Å². The SMILES string of the molecule is COC(=O)C(C)(C)CN1CCN(C(C)(C)C#N)CC1. The Morgan fingerprint density at radius 2 is 1.74 bits per heavy atom. The Bertz CT molecular complexity index is 363. The summed E-state index contributed by atoms with van der Waals surface area (Å²) in [6.07, 6.45) is 0. The third-order valence-corrected chi connectivity index (χ3v) is 3.79. The van der Waals surface area contributed by atoms with Gasteiger partial charge in [0.15, 0.2) is 0 Å². The van der Waals surface area contributed by atoms with Gasteiger partial charge >= 0.3 is 5.97 Å². The summed E-state index contributed by atoms with van der Waals surface area (Å²) in [7, 11) is 1.43. The van der Waals surface area contributed by atoms with Gasteiger partial charge in [-0.3, -0.25) is 14.6 Å². The van der Waals surface area contributed by atoms with Gasteiger partial charge in [-0.25, -0.2) is 0 Å². The minimum atomic E-state index is -0.484. The molecule has 0 spiro atoms. The molecule has 0 aromatic heterocycles. The monoisotopic (exact) mass is 267 g/mol. The predicted molar refractivity (Wildman–Crippen MR) is 73.5 cm³/mol. The van der Waals surface area contributed by atoms with Crippen molar-refractivity contribution < 1.29 is 9.53 Å². The number of hydrogen-bond acceptors (Lipinski definition) is 5. The summed E-state index contributed by atoms with van der Waals surface area (Å²) in [4.78, 5) is 16.1. The fourth-order valence-electron chi connectivity index (χ4n) is 2.44. The van der Waals surface area contributed by atoms with Crippen LogP contribution in [0.2, 0.25) is 0 Å². The highest BCUT2D eigenvalue weighted by Crippen LogP contribution is 2.21. The zero-order chi connectivity index (χ0) is 14.7. The van der Waals surface area contributed by atoms with Crippen LogP contribution in [-0.2, 0) is 9.53 Å². The number of rotatable bonds is 4. The van der Waals surface area contributed by atoms with Gasteiger partial charge in [-0.15, -0.1) is 0 Å². The fraction of sp³-hybridized carbons (Fsp3) is 0.857. The summed E-state index contributed by atoms with van der Waals surface area (Å²) in [6, 6.07) is 2.33. The molecule has 0 unspecified atom stereocenters. The van der Waals surface area contributed by atoms with E-state index in [1.165, 1.54) is 7.11 Å². The normalized spacial score (nSPS) is 18.9. The number of carbonyl (C=O) groups excluding carboxylic acids is 1. The van der Waals surface area contributed by atoms with E-state index < -0.39 is 11.0 Å². The van der Waals surface area contributed by atoms with Crippen molar-refractivity contribution in [3.63, 3.8) is 0 Å². The maximum atomic E-state index is 11.7. The number of nitriles is 1. The van der Waals surface area contributed by atoms with Crippen LogP contribution in [0, 0.1) is 16.7 Å². The van der Waals surface area contributed by atoms with E-state index in [-0.39, 0.29) is 5.97 Å². The van der Waals surface area contributed by atoms with E-state index in [1.807, 2.05) is 27.7 Å². The van der Waals surface area contributed by atoms with Crippen molar-refractivity contribution in [2.24, 2.45) is 5.41 Å². The second kappa shape index (κ2) is 5.89. The van der Waals surface area contributed by atoms with Crippen LogP contribution in [0.5, 0.6) is 0 Å². The number of methoxy groups -OCH3 is 1. The molecule has 1 saturated heterocycles. The highest BCUT2D eigenvalue weighted by molar-refractivity contribution is 5.76. The molecule has 0 N–H and O–H groups in total. The van der Waals surface area contributed by atoms with Crippen LogP contribution in [0.4, 0.5) is 0 Å². The van der Waals surface area contributed by atoms with Gasteiger partial charge < -0.3 is 4.74 Å². The lowest BCUT2D eigenvalue weighted by Gasteiger charge is -2.42. The smallest absolute Gasteiger partial charge is 0.312 e. The molecule has 5 nitrogen and oxygen atoms in total. The fourth-order valence-corrected chi connectivity index (χ4v) is 2.44. The lowest BCUT2D eigenvalue weighted by atomic mass is 9.92. The molecule has 1 rings (SSSR count). The Hall–Kier alpha value is -1.12. The van der Waals surface area contributed by atoms with E-state index in [0.29, 0.717) is 6.54 Å². The maximum Gasteiger partial charge on any atom is 0.312 e. The predicted octanol–water partition coefficient (Wildman–Crippen LogP) is 1.11. The number of carbonyl (C=O) groups is 1. The van der Waals surface area contributed by atoms with Crippen LogP contribution in [0.1, 0.15) is 27.7 Å². The van der Waals surface area contributed by atoms with Gasteiger partial charge in [0.1, 0.15) is 5.54 Å². The van der Waals surface area contributed by atoms with Crippen molar-refractivity contribution in [3.05, 3.63) is 0 Å². The number of nitrogens with zero attached hydrogens (tertiary/aromatic N) is 3. The van der Waals surface area contributed by atoms with Crippen molar-refractivity contribution >= 4 is 5.97 Å². The number of ether oxygens (including phenoxy) is 1. The standard InChI is InChI=1S/C14H25N3O2/c1-13(2,12(18)19-5)11-16-6-8-17(9-7-16)14(3,4)10-15/h6-9,11H2,1-5H3. The van der Waals surface area contributed by atoms with Crippen molar-refractivity contribution in [1.82, 2.24) is 9.80 Å².